The van der Waals surface area contributed by atoms with Gasteiger partial charge in [-0.2, -0.15) is 0 Å². The van der Waals surface area contributed by atoms with Gasteiger partial charge in [-0.3, -0.25) is 14.5 Å². The van der Waals surface area contributed by atoms with Gasteiger partial charge in [-0.1, -0.05) is 25.1 Å². The van der Waals surface area contributed by atoms with E-state index in [1.54, 1.807) is 10.8 Å². The van der Waals surface area contributed by atoms with Crippen LogP contribution in [0, 0.1) is 0 Å². The Morgan fingerprint density at radius 3 is 2.83 bits per heavy atom. The second kappa shape index (κ2) is 6.79. The fourth-order valence-electron chi connectivity index (χ4n) is 3.01. The van der Waals surface area contributed by atoms with E-state index in [4.69, 9.17) is 4.42 Å². The van der Waals surface area contributed by atoms with Crippen molar-refractivity contribution in [2.24, 2.45) is 0 Å². The van der Waals surface area contributed by atoms with E-state index in [1.165, 1.54) is 5.56 Å². The summed E-state index contributed by atoms with van der Waals surface area (Å²) in [6, 6.07) is 11.9. The molecule has 5 heteroatoms. The number of para-hydroxylation sites is 2. The number of aromatic nitrogens is 2. The predicted molar refractivity (Wildman–Crippen MR) is 90.4 cm³/mol. The lowest BCUT2D eigenvalue weighted by atomic mass is 10.1. The van der Waals surface area contributed by atoms with E-state index in [1.807, 2.05) is 36.5 Å². The Balaban J connectivity index is 1.76. The first-order valence-corrected chi connectivity index (χ1v) is 7.89. The van der Waals surface area contributed by atoms with E-state index < -0.39 is 0 Å². The van der Waals surface area contributed by atoms with Crippen molar-refractivity contribution in [3.63, 3.8) is 0 Å². The predicted octanol–water partition coefficient (Wildman–Crippen LogP) is 3.07. The molecular formula is C18H21N3O2. The highest BCUT2D eigenvalue weighted by Gasteiger charge is 2.16. The molecule has 0 saturated carbocycles. The summed E-state index contributed by atoms with van der Waals surface area (Å²) in [6.45, 7) is 3.52. The lowest BCUT2D eigenvalue weighted by Gasteiger charge is -2.27. The molecule has 120 valence electrons. The van der Waals surface area contributed by atoms with E-state index in [0.29, 0.717) is 12.1 Å². The summed E-state index contributed by atoms with van der Waals surface area (Å²) in [6.07, 6.45) is 4.68. The molecule has 3 rings (SSSR count). The van der Waals surface area contributed by atoms with Crippen molar-refractivity contribution in [1.29, 1.82) is 0 Å². The number of nitrogens with zero attached hydrogens (tertiary/aromatic N) is 3. The molecule has 2 heterocycles. The summed E-state index contributed by atoms with van der Waals surface area (Å²) in [5.41, 5.74) is 2.68. The highest BCUT2D eigenvalue weighted by molar-refractivity contribution is 5.72. The first-order chi connectivity index (χ1) is 11.2. The molecule has 0 aliphatic rings. The third-order valence-electron chi connectivity index (χ3n) is 4.24. The number of benzene rings is 1. The van der Waals surface area contributed by atoms with Gasteiger partial charge in [0.1, 0.15) is 0 Å². The molecule has 0 bridgehead atoms. The molecule has 1 unspecified atom stereocenters. The zero-order chi connectivity index (χ0) is 16.2. The van der Waals surface area contributed by atoms with Gasteiger partial charge >= 0.3 is 5.76 Å². The van der Waals surface area contributed by atoms with Gasteiger partial charge in [0.05, 0.1) is 5.52 Å². The van der Waals surface area contributed by atoms with Crippen molar-refractivity contribution in [2.75, 3.05) is 13.6 Å². The van der Waals surface area contributed by atoms with Crippen LogP contribution >= 0.6 is 0 Å². The molecule has 0 N–H and O–H groups in total. The molecule has 0 fully saturated rings. The quantitative estimate of drug-likeness (QED) is 0.702. The van der Waals surface area contributed by atoms with Crippen molar-refractivity contribution in [3.05, 3.63) is 64.9 Å². The molecule has 1 atom stereocenters. The van der Waals surface area contributed by atoms with Gasteiger partial charge < -0.3 is 4.42 Å². The zero-order valence-electron chi connectivity index (χ0n) is 13.5. The fraction of sp³-hybridized carbons (Fsp3) is 0.333. The zero-order valence-corrected chi connectivity index (χ0v) is 13.5. The fourth-order valence-corrected chi connectivity index (χ4v) is 3.01. The molecule has 2 aromatic heterocycles. The number of hydrogen-bond acceptors (Lipinski definition) is 4. The topological polar surface area (TPSA) is 51.3 Å². The van der Waals surface area contributed by atoms with Crippen molar-refractivity contribution in [1.82, 2.24) is 14.5 Å². The third-order valence-corrected chi connectivity index (χ3v) is 4.24. The molecule has 0 spiro atoms. The Morgan fingerprint density at radius 2 is 2.09 bits per heavy atom. The maximum atomic E-state index is 12.0. The van der Waals surface area contributed by atoms with Crippen molar-refractivity contribution in [2.45, 2.75) is 25.9 Å². The van der Waals surface area contributed by atoms with E-state index in [0.717, 1.165) is 18.5 Å². The van der Waals surface area contributed by atoms with Crippen LogP contribution in [0.5, 0.6) is 0 Å². The van der Waals surface area contributed by atoms with Crippen LogP contribution in [0.25, 0.3) is 11.1 Å². The molecular weight excluding hydrogens is 290 g/mol. The van der Waals surface area contributed by atoms with E-state index in [9.17, 15) is 4.79 Å². The summed E-state index contributed by atoms with van der Waals surface area (Å²) in [5.74, 6) is -0.297. The second-order valence-electron chi connectivity index (χ2n) is 5.68. The first-order valence-electron chi connectivity index (χ1n) is 7.89. The largest absolute Gasteiger partial charge is 0.419 e. The molecule has 0 aliphatic heterocycles. The van der Waals surface area contributed by atoms with Crippen LogP contribution < -0.4 is 5.76 Å². The minimum Gasteiger partial charge on any atom is -0.408 e. The van der Waals surface area contributed by atoms with E-state index >= 15 is 0 Å². The van der Waals surface area contributed by atoms with Crippen LogP contribution in [-0.4, -0.2) is 28.0 Å². The van der Waals surface area contributed by atoms with Crippen LogP contribution in [0.1, 0.15) is 24.9 Å². The van der Waals surface area contributed by atoms with Gasteiger partial charge in [0, 0.05) is 31.5 Å². The third kappa shape index (κ3) is 3.19. The van der Waals surface area contributed by atoms with Crippen LogP contribution in [0.15, 0.2) is 58.0 Å². The summed E-state index contributed by atoms with van der Waals surface area (Å²) in [5, 5.41) is 0. The average Bonchev–Trinajstić information content (AvgIpc) is 2.90. The van der Waals surface area contributed by atoms with Gasteiger partial charge in [0.25, 0.3) is 0 Å². The molecule has 0 saturated heterocycles. The van der Waals surface area contributed by atoms with E-state index in [-0.39, 0.29) is 11.8 Å². The average molecular weight is 311 g/mol. The standard InChI is InChI=1S/C18H21N3O2/c1-3-15(14-7-6-10-19-13-14)20(2)11-12-21-16-8-4-5-9-17(16)23-18(21)22/h4-10,13,15H,3,11-12H2,1-2H3. The SMILES string of the molecule is CCC(c1cccnc1)N(C)CCn1c(=O)oc2ccccc21. The first kappa shape index (κ1) is 15.5. The minimum atomic E-state index is -0.297. The molecule has 0 radical (unpaired) electrons. The summed E-state index contributed by atoms with van der Waals surface area (Å²) >= 11 is 0. The highest BCUT2D eigenvalue weighted by atomic mass is 16.4. The van der Waals surface area contributed by atoms with Crippen molar-refractivity contribution >= 4 is 11.1 Å². The number of hydrogen-bond donors (Lipinski definition) is 0. The molecule has 5 nitrogen and oxygen atoms in total. The number of rotatable bonds is 6. The number of likely N-dealkylation sites (N-methyl/N-ethyl adjacent to an activating group) is 1. The van der Waals surface area contributed by atoms with Gasteiger partial charge in [0.15, 0.2) is 5.58 Å². The number of oxazole rings is 1. The number of pyridine rings is 1. The van der Waals surface area contributed by atoms with Crippen LogP contribution in [0.2, 0.25) is 0 Å². The summed E-state index contributed by atoms with van der Waals surface area (Å²) in [7, 11) is 2.08. The molecule has 0 amide bonds. The van der Waals surface area contributed by atoms with Gasteiger partial charge in [0.2, 0.25) is 0 Å². The van der Waals surface area contributed by atoms with Gasteiger partial charge in [-0.25, -0.2) is 4.79 Å². The maximum absolute atomic E-state index is 12.0. The maximum Gasteiger partial charge on any atom is 0.419 e. The Morgan fingerprint density at radius 1 is 1.26 bits per heavy atom. The Kier molecular flexibility index (Phi) is 4.57. The molecule has 1 aromatic carbocycles. The highest BCUT2D eigenvalue weighted by Crippen LogP contribution is 2.22. The summed E-state index contributed by atoms with van der Waals surface area (Å²) < 4.78 is 6.98. The lowest BCUT2D eigenvalue weighted by molar-refractivity contribution is 0.228. The van der Waals surface area contributed by atoms with Crippen LogP contribution in [-0.2, 0) is 6.54 Å². The van der Waals surface area contributed by atoms with Crippen molar-refractivity contribution in [3.8, 4) is 0 Å². The normalized spacial score (nSPS) is 12.8. The Labute approximate surface area is 135 Å². The van der Waals surface area contributed by atoms with Crippen LogP contribution in [0.3, 0.4) is 0 Å². The van der Waals surface area contributed by atoms with E-state index in [2.05, 4.69) is 29.9 Å². The lowest BCUT2D eigenvalue weighted by Crippen LogP contribution is -2.30. The minimum absolute atomic E-state index is 0.289. The monoisotopic (exact) mass is 311 g/mol. The van der Waals surface area contributed by atoms with Crippen molar-refractivity contribution < 1.29 is 4.42 Å². The van der Waals surface area contributed by atoms with Gasteiger partial charge in [-0.15, -0.1) is 0 Å². The second-order valence-corrected chi connectivity index (χ2v) is 5.68. The smallest absolute Gasteiger partial charge is 0.408 e. The Bertz CT molecular complexity index is 823. The van der Waals surface area contributed by atoms with Gasteiger partial charge in [-0.05, 0) is 37.2 Å². The van der Waals surface area contributed by atoms with Crippen LogP contribution in [0.4, 0.5) is 0 Å². The molecule has 3 aromatic rings. The number of fused-ring (bicyclic) bond motifs is 1. The summed E-state index contributed by atoms with van der Waals surface area (Å²) in [4.78, 5) is 18.5. The Hall–Kier alpha value is -2.40. The molecule has 23 heavy (non-hydrogen) atoms. The molecule has 0 aliphatic carbocycles.